The molecule has 1 heterocycles. The maximum absolute atomic E-state index is 12.8. The minimum absolute atomic E-state index is 0. The summed E-state index contributed by atoms with van der Waals surface area (Å²) in [5.74, 6) is -4.42. The third kappa shape index (κ3) is 6.31. The minimum atomic E-state index is -4.19. The van der Waals surface area contributed by atoms with Crippen molar-refractivity contribution in [1.29, 1.82) is 0 Å². The first-order valence-corrected chi connectivity index (χ1v) is 8.21. The van der Waals surface area contributed by atoms with Crippen LogP contribution in [-0.2, 0) is 20.9 Å². The highest BCUT2D eigenvalue weighted by atomic mass is 35.5. The van der Waals surface area contributed by atoms with E-state index < -0.39 is 24.4 Å². The maximum Gasteiger partial charge on any atom is 0.330 e. The highest BCUT2D eigenvalue weighted by molar-refractivity contribution is 5.95. The molecule has 1 fully saturated rings. The summed E-state index contributed by atoms with van der Waals surface area (Å²) in [7, 11) is 0. The summed E-state index contributed by atoms with van der Waals surface area (Å²) < 4.78 is 59.8. The molecule has 1 amide bonds. The van der Waals surface area contributed by atoms with E-state index in [1.807, 2.05) is 0 Å². The van der Waals surface area contributed by atoms with Crippen LogP contribution in [0.3, 0.4) is 0 Å². The molecule has 3 N–H and O–H groups in total. The number of hydrogen-bond donors (Lipinski definition) is 2. The fraction of sp³-hybridized carbons (Fsp3) is 0.588. The van der Waals surface area contributed by atoms with E-state index in [-0.39, 0.29) is 31.5 Å². The Kier molecular flexibility index (Phi) is 8.93. The second-order valence-corrected chi connectivity index (χ2v) is 6.31. The summed E-state index contributed by atoms with van der Waals surface area (Å²) in [6, 6.07) is 6.38. The van der Waals surface area contributed by atoms with Crippen LogP contribution in [-0.4, -0.2) is 44.6 Å². The lowest BCUT2D eigenvalue weighted by Gasteiger charge is -2.34. The van der Waals surface area contributed by atoms with E-state index in [4.69, 9.17) is 10.5 Å². The number of nitrogens with two attached hydrogens (primary N) is 1. The average Bonchev–Trinajstić information content (AvgIpc) is 2.62. The second kappa shape index (κ2) is 10.2. The second-order valence-electron chi connectivity index (χ2n) is 6.31. The number of halogens is 5. The van der Waals surface area contributed by atoms with Crippen LogP contribution >= 0.6 is 12.4 Å². The number of anilines is 1. The Labute approximate surface area is 161 Å². The third-order valence-electron chi connectivity index (χ3n) is 4.39. The van der Waals surface area contributed by atoms with Crippen molar-refractivity contribution in [2.45, 2.75) is 31.8 Å². The smallest absolute Gasteiger partial charge is 0.330 e. The molecular weight excluding hydrogens is 392 g/mol. The molecule has 0 saturated carbocycles. The van der Waals surface area contributed by atoms with Gasteiger partial charge in [0.2, 0.25) is 5.91 Å². The zero-order chi connectivity index (χ0) is 19.2. The molecule has 0 radical (unpaired) electrons. The first kappa shape index (κ1) is 23.6. The van der Waals surface area contributed by atoms with Crippen molar-refractivity contribution < 1.29 is 31.8 Å². The summed E-state index contributed by atoms with van der Waals surface area (Å²) in [6.45, 7) is -0.555. The molecule has 10 heteroatoms. The molecule has 0 aliphatic carbocycles. The molecule has 1 aromatic rings. The molecule has 0 aromatic heterocycles. The van der Waals surface area contributed by atoms with Gasteiger partial charge in [-0.25, -0.2) is 8.78 Å². The van der Waals surface area contributed by atoms with E-state index in [0.717, 1.165) is 0 Å². The molecule has 154 valence electrons. The van der Waals surface area contributed by atoms with Crippen LogP contribution in [0.15, 0.2) is 24.3 Å². The highest BCUT2D eigenvalue weighted by Gasteiger charge is 2.41. The van der Waals surface area contributed by atoms with E-state index >= 15 is 0 Å². The quantitative estimate of drug-likeness (QED) is 0.641. The number of amides is 1. The number of rotatable bonds is 8. The molecule has 0 bridgehead atoms. The van der Waals surface area contributed by atoms with Gasteiger partial charge >= 0.3 is 12.3 Å². The van der Waals surface area contributed by atoms with Gasteiger partial charge in [-0.15, -0.1) is 12.4 Å². The summed E-state index contributed by atoms with van der Waals surface area (Å²) in [5, 5.41) is 2.77. The monoisotopic (exact) mass is 414 g/mol. The topological polar surface area (TPSA) is 73.6 Å². The van der Waals surface area contributed by atoms with Gasteiger partial charge in [-0.05, 0) is 30.5 Å². The van der Waals surface area contributed by atoms with Gasteiger partial charge < -0.3 is 20.5 Å². The number of benzene rings is 1. The number of ether oxygens (including phenoxy) is 2. The van der Waals surface area contributed by atoms with Crippen molar-refractivity contribution in [1.82, 2.24) is 0 Å². The lowest BCUT2D eigenvalue weighted by atomic mass is 9.79. The molecule has 1 aliphatic rings. The summed E-state index contributed by atoms with van der Waals surface area (Å²) in [6.07, 6.45) is -2.75. The average molecular weight is 415 g/mol. The van der Waals surface area contributed by atoms with Crippen molar-refractivity contribution in [3.8, 4) is 0 Å². The minimum Gasteiger partial charge on any atom is -0.381 e. The van der Waals surface area contributed by atoms with Gasteiger partial charge in [-0.2, -0.15) is 8.78 Å². The molecule has 1 saturated heterocycles. The predicted molar refractivity (Wildman–Crippen MR) is 94.5 cm³/mol. The number of carbonyl (C=O) groups excluding carboxylic acids is 1. The Bertz CT molecular complexity index is 614. The van der Waals surface area contributed by atoms with E-state index in [0.29, 0.717) is 37.3 Å². The van der Waals surface area contributed by atoms with Crippen molar-refractivity contribution >= 4 is 24.0 Å². The first-order valence-electron chi connectivity index (χ1n) is 8.21. The van der Waals surface area contributed by atoms with Crippen LogP contribution in [0.2, 0.25) is 0 Å². The van der Waals surface area contributed by atoms with Gasteiger partial charge in [-0.1, -0.05) is 12.1 Å². The van der Waals surface area contributed by atoms with E-state index in [1.54, 1.807) is 24.3 Å². The Balaban J connectivity index is 0.00000364. The lowest BCUT2D eigenvalue weighted by Crippen LogP contribution is -2.46. The summed E-state index contributed by atoms with van der Waals surface area (Å²) in [5.41, 5.74) is 6.01. The lowest BCUT2D eigenvalue weighted by molar-refractivity contribution is -0.168. The SMILES string of the molecule is Cl.NCC1(C(=O)Nc2cccc(COCC(F)(F)C(F)F)c2)CCOCC1. The molecule has 1 aromatic carbocycles. The van der Waals surface area contributed by atoms with E-state index in [9.17, 15) is 22.4 Å². The molecule has 27 heavy (non-hydrogen) atoms. The van der Waals surface area contributed by atoms with Gasteiger partial charge in [0.15, 0.2) is 0 Å². The number of nitrogens with one attached hydrogen (secondary N) is 1. The van der Waals surface area contributed by atoms with Gasteiger partial charge in [0.05, 0.1) is 12.0 Å². The van der Waals surface area contributed by atoms with Crippen LogP contribution in [0.5, 0.6) is 0 Å². The molecule has 5 nitrogen and oxygen atoms in total. The van der Waals surface area contributed by atoms with Gasteiger partial charge in [0.1, 0.15) is 6.61 Å². The van der Waals surface area contributed by atoms with Crippen LogP contribution in [0.1, 0.15) is 18.4 Å². The Morgan fingerprint density at radius 1 is 1.33 bits per heavy atom. The van der Waals surface area contributed by atoms with Crippen molar-refractivity contribution in [3.05, 3.63) is 29.8 Å². The van der Waals surface area contributed by atoms with E-state index in [2.05, 4.69) is 10.1 Å². The van der Waals surface area contributed by atoms with Crippen LogP contribution < -0.4 is 11.1 Å². The fourth-order valence-electron chi connectivity index (χ4n) is 2.66. The maximum atomic E-state index is 12.8. The molecule has 0 unspecified atom stereocenters. The Hall–Kier alpha value is -1.42. The molecule has 0 spiro atoms. The number of carbonyl (C=O) groups is 1. The molecule has 0 atom stereocenters. The predicted octanol–water partition coefficient (Wildman–Crippen LogP) is 3.22. The van der Waals surface area contributed by atoms with Crippen LogP contribution in [0, 0.1) is 5.41 Å². The van der Waals surface area contributed by atoms with E-state index in [1.165, 1.54) is 0 Å². The Morgan fingerprint density at radius 2 is 2.00 bits per heavy atom. The first-order chi connectivity index (χ1) is 12.3. The molecular formula is C17H23ClF4N2O3. The fourth-order valence-corrected chi connectivity index (χ4v) is 2.66. The standard InChI is InChI=1S/C17H22F4N2O3.ClH/c18-14(19)17(20,21)11-26-9-12-2-1-3-13(8-12)23-15(24)16(10-22)4-6-25-7-5-16;/h1-3,8,14H,4-7,9-11,22H2,(H,23,24);1H. The highest BCUT2D eigenvalue weighted by Crippen LogP contribution is 2.31. The number of alkyl halides is 4. The molecule has 2 rings (SSSR count). The van der Waals surface area contributed by atoms with Gasteiger partial charge in [-0.3, -0.25) is 4.79 Å². The van der Waals surface area contributed by atoms with Crippen LogP contribution in [0.4, 0.5) is 23.2 Å². The summed E-state index contributed by atoms with van der Waals surface area (Å²) in [4.78, 5) is 12.6. The normalized spacial score (nSPS) is 16.7. The largest absolute Gasteiger partial charge is 0.381 e. The van der Waals surface area contributed by atoms with Gasteiger partial charge in [0.25, 0.3) is 0 Å². The number of hydrogen-bond acceptors (Lipinski definition) is 4. The van der Waals surface area contributed by atoms with Gasteiger partial charge in [0, 0.05) is 25.4 Å². The zero-order valence-electron chi connectivity index (χ0n) is 14.6. The van der Waals surface area contributed by atoms with Crippen molar-refractivity contribution in [3.63, 3.8) is 0 Å². The summed E-state index contributed by atoms with van der Waals surface area (Å²) >= 11 is 0. The van der Waals surface area contributed by atoms with Crippen LogP contribution in [0.25, 0.3) is 0 Å². The van der Waals surface area contributed by atoms with Crippen molar-refractivity contribution in [2.75, 3.05) is 31.7 Å². The van der Waals surface area contributed by atoms with Crippen molar-refractivity contribution in [2.24, 2.45) is 11.1 Å². The third-order valence-corrected chi connectivity index (χ3v) is 4.39. The molecule has 1 aliphatic heterocycles. The Morgan fingerprint density at radius 3 is 2.59 bits per heavy atom. The zero-order valence-corrected chi connectivity index (χ0v) is 15.4.